The Kier molecular flexibility index (Phi) is 2.03. The summed E-state index contributed by atoms with van der Waals surface area (Å²) in [5, 5.41) is 2.16. The molecule has 1 unspecified atom stereocenters. The highest BCUT2D eigenvalue weighted by Crippen LogP contribution is 2.64. The number of carbonyl (C=O) groups excluding carboxylic acids is 2. The number of imide groups is 1. The van der Waals surface area contributed by atoms with Crippen LogP contribution in [0.5, 0.6) is 0 Å². The van der Waals surface area contributed by atoms with Gasteiger partial charge in [0.1, 0.15) is 0 Å². The Morgan fingerprint density at radius 1 is 0.870 bits per heavy atom. The number of hydrogen-bond acceptors (Lipinski definition) is 3. The van der Waals surface area contributed by atoms with E-state index in [4.69, 9.17) is 4.74 Å². The first-order chi connectivity index (χ1) is 11.2. The van der Waals surface area contributed by atoms with E-state index in [0.717, 1.165) is 17.2 Å². The number of anilines is 1. The lowest BCUT2D eigenvalue weighted by Crippen LogP contribution is -2.35. The Morgan fingerprint density at radius 3 is 2.22 bits per heavy atom. The van der Waals surface area contributed by atoms with Gasteiger partial charge in [0.25, 0.3) is 0 Å². The van der Waals surface area contributed by atoms with E-state index in [2.05, 4.69) is 0 Å². The van der Waals surface area contributed by atoms with Crippen LogP contribution in [0.3, 0.4) is 0 Å². The van der Waals surface area contributed by atoms with E-state index in [1.807, 2.05) is 42.5 Å². The molecule has 3 aliphatic heterocycles. The first kappa shape index (κ1) is 12.3. The Labute approximate surface area is 133 Å². The minimum absolute atomic E-state index is 0.0168. The van der Waals surface area contributed by atoms with Gasteiger partial charge in [0.15, 0.2) is 0 Å². The van der Waals surface area contributed by atoms with Crippen LogP contribution >= 0.6 is 0 Å². The van der Waals surface area contributed by atoms with Gasteiger partial charge in [0.05, 0.1) is 29.7 Å². The average molecular weight is 305 g/mol. The molecule has 2 aromatic carbocycles. The summed E-state index contributed by atoms with van der Waals surface area (Å²) in [5.41, 5.74) is 0.696. The van der Waals surface area contributed by atoms with Crippen LogP contribution in [0.15, 0.2) is 42.5 Å². The zero-order valence-corrected chi connectivity index (χ0v) is 12.4. The van der Waals surface area contributed by atoms with E-state index in [9.17, 15) is 9.59 Å². The molecule has 23 heavy (non-hydrogen) atoms. The summed E-state index contributed by atoms with van der Waals surface area (Å²) in [7, 11) is 0. The molecule has 4 aliphatic rings. The van der Waals surface area contributed by atoms with Crippen LogP contribution in [0.25, 0.3) is 10.8 Å². The van der Waals surface area contributed by atoms with Crippen LogP contribution in [0.2, 0.25) is 0 Å². The smallest absolute Gasteiger partial charge is 0.240 e. The molecule has 1 aliphatic carbocycles. The fourth-order valence-electron chi connectivity index (χ4n) is 5.05. The van der Waals surface area contributed by atoms with Crippen molar-refractivity contribution in [3.05, 3.63) is 42.5 Å². The van der Waals surface area contributed by atoms with Crippen LogP contribution in [0, 0.1) is 23.7 Å². The number of fused-ring (bicyclic) bond motifs is 9. The number of carbonyl (C=O) groups is 2. The summed E-state index contributed by atoms with van der Waals surface area (Å²) in [6.45, 7) is 0. The van der Waals surface area contributed by atoms with Crippen molar-refractivity contribution in [3.63, 3.8) is 0 Å². The molecule has 0 N–H and O–H groups in total. The normalized spacial score (nSPS) is 39.9. The largest absolute Gasteiger partial charge is 0.373 e. The maximum Gasteiger partial charge on any atom is 0.240 e. The molecule has 2 bridgehead atoms. The summed E-state index contributed by atoms with van der Waals surface area (Å²) in [6, 6.07) is 13.8. The summed E-state index contributed by atoms with van der Waals surface area (Å²) in [6.07, 6.45) is 1.10. The molecule has 1 saturated carbocycles. The predicted molar refractivity (Wildman–Crippen MR) is 83.7 cm³/mol. The van der Waals surface area contributed by atoms with Gasteiger partial charge >= 0.3 is 0 Å². The second kappa shape index (κ2) is 3.82. The Morgan fingerprint density at radius 2 is 1.52 bits per heavy atom. The Bertz CT molecular complexity index is 859. The second-order valence-electron chi connectivity index (χ2n) is 7.22. The minimum Gasteiger partial charge on any atom is -0.373 e. The van der Waals surface area contributed by atoms with Crippen LogP contribution in [0.4, 0.5) is 5.69 Å². The van der Waals surface area contributed by atoms with Crippen LogP contribution in [-0.2, 0) is 14.3 Å². The van der Waals surface area contributed by atoms with E-state index in [-0.39, 0.29) is 35.9 Å². The maximum atomic E-state index is 12.9. The van der Waals surface area contributed by atoms with Crippen molar-refractivity contribution < 1.29 is 14.3 Å². The number of benzene rings is 2. The summed E-state index contributed by atoms with van der Waals surface area (Å²) in [4.78, 5) is 27.2. The fourth-order valence-corrected chi connectivity index (χ4v) is 5.05. The molecule has 3 saturated heterocycles. The second-order valence-corrected chi connectivity index (χ2v) is 7.22. The molecular weight excluding hydrogens is 290 g/mol. The van der Waals surface area contributed by atoms with Gasteiger partial charge in [0.2, 0.25) is 11.8 Å². The molecule has 114 valence electrons. The molecule has 4 nitrogen and oxygen atoms in total. The SMILES string of the molecule is O=C1[C@H]2[C@@H]3OC([C@H]2C(=O)N1c1ccc2ccccc2c1)[C@@H]1C[C@H]31. The molecule has 2 amide bonds. The molecule has 2 aromatic rings. The van der Waals surface area contributed by atoms with Crippen molar-refractivity contribution in [2.45, 2.75) is 18.6 Å². The van der Waals surface area contributed by atoms with Crippen molar-refractivity contribution in [2.24, 2.45) is 23.7 Å². The van der Waals surface area contributed by atoms with Crippen LogP contribution < -0.4 is 4.90 Å². The lowest BCUT2D eigenvalue weighted by atomic mass is 9.81. The van der Waals surface area contributed by atoms with Gasteiger partial charge in [-0.15, -0.1) is 0 Å². The van der Waals surface area contributed by atoms with Gasteiger partial charge in [-0.1, -0.05) is 30.3 Å². The van der Waals surface area contributed by atoms with Crippen LogP contribution in [-0.4, -0.2) is 24.0 Å². The molecule has 6 rings (SSSR count). The molecule has 6 atom stereocenters. The van der Waals surface area contributed by atoms with Crippen molar-refractivity contribution in [2.75, 3.05) is 4.90 Å². The standard InChI is InChI=1S/C19H15NO3/c21-18-14-15(17-13-8-12(13)16(14)23-17)19(22)20(18)11-6-5-9-3-1-2-4-10(9)7-11/h1-7,12-17H,8H2/t12-,13+,14+,15-,16+,17?/m0/s1. The lowest BCUT2D eigenvalue weighted by Gasteiger charge is -2.19. The third kappa shape index (κ3) is 1.36. The molecule has 0 spiro atoms. The fraction of sp³-hybridized carbons (Fsp3) is 0.368. The Hall–Kier alpha value is -2.20. The highest BCUT2D eigenvalue weighted by atomic mass is 16.5. The monoisotopic (exact) mass is 305 g/mol. The first-order valence-electron chi connectivity index (χ1n) is 8.26. The van der Waals surface area contributed by atoms with Crippen molar-refractivity contribution in [1.82, 2.24) is 0 Å². The number of rotatable bonds is 1. The first-order valence-corrected chi connectivity index (χ1v) is 8.26. The lowest BCUT2D eigenvalue weighted by molar-refractivity contribution is -0.125. The number of nitrogens with zero attached hydrogens (tertiary/aromatic N) is 1. The Balaban J connectivity index is 1.45. The van der Waals surface area contributed by atoms with Gasteiger partial charge in [-0.2, -0.15) is 0 Å². The third-order valence-corrected chi connectivity index (χ3v) is 6.15. The van der Waals surface area contributed by atoms with E-state index in [1.54, 1.807) is 0 Å². The molecule has 4 fully saturated rings. The van der Waals surface area contributed by atoms with Gasteiger partial charge in [0, 0.05) is 0 Å². The molecule has 3 heterocycles. The van der Waals surface area contributed by atoms with E-state index in [1.165, 1.54) is 4.90 Å². The molecule has 0 radical (unpaired) electrons. The number of amides is 2. The predicted octanol–water partition coefficient (Wildman–Crippen LogP) is 2.36. The number of hydrogen-bond donors (Lipinski definition) is 0. The summed E-state index contributed by atoms with van der Waals surface area (Å²) in [5.74, 6) is 0.427. The van der Waals surface area contributed by atoms with E-state index in [0.29, 0.717) is 17.5 Å². The third-order valence-electron chi connectivity index (χ3n) is 6.15. The average Bonchev–Trinajstić information content (AvgIpc) is 3.08. The zero-order chi connectivity index (χ0) is 15.3. The number of ether oxygens (including phenoxy) is 1. The van der Waals surface area contributed by atoms with Gasteiger partial charge in [-0.05, 0) is 41.2 Å². The van der Waals surface area contributed by atoms with Crippen molar-refractivity contribution in [3.8, 4) is 0 Å². The quantitative estimate of drug-likeness (QED) is 0.760. The molecule has 4 heteroatoms. The molecular formula is C19H15NO3. The van der Waals surface area contributed by atoms with Crippen LogP contribution in [0.1, 0.15) is 6.42 Å². The minimum atomic E-state index is -0.247. The van der Waals surface area contributed by atoms with E-state index < -0.39 is 0 Å². The van der Waals surface area contributed by atoms with Crippen molar-refractivity contribution >= 4 is 28.3 Å². The highest BCUT2D eigenvalue weighted by molar-refractivity contribution is 6.23. The summed E-state index contributed by atoms with van der Waals surface area (Å²) >= 11 is 0. The zero-order valence-electron chi connectivity index (χ0n) is 12.4. The van der Waals surface area contributed by atoms with Gasteiger partial charge < -0.3 is 4.74 Å². The van der Waals surface area contributed by atoms with E-state index >= 15 is 0 Å². The summed E-state index contributed by atoms with van der Waals surface area (Å²) < 4.78 is 5.93. The van der Waals surface area contributed by atoms with Crippen molar-refractivity contribution in [1.29, 1.82) is 0 Å². The van der Waals surface area contributed by atoms with Gasteiger partial charge in [-0.25, -0.2) is 4.90 Å². The molecule has 0 aromatic heterocycles. The topological polar surface area (TPSA) is 46.6 Å². The highest BCUT2D eigenvalue weighted by Gasteiger charge is 2.73. The van der Waals surface area contributed by atoms with Gasteiger partial charge in [-0.3, -0.25) is 9.59 Å². The maximum absolute atomic E-state index is 12.9.